The number of rotatable bonds is 5. The molecule has 0 aromatic carbocycles. The van der Waals surface area contributed by atoms with Gasteiger partial charge in [0.15, 0.2) is 0 Å². The molecule has 2 aromatic rings. The van der Waals surface area contributed by atoms with E-state index in [1.54, 1.807) is 18.9 Å². The van der Waals surface area contributed by atoms with Gasteiger partial charge in [0.2, 0.25) is 0 Å². The Balaban J connectivity index is 1.48. The number of carbonyl (C=O) groups is 1. The van der Waals surface area contributed by atoms with Gasteiger partial charge in [-0.15, -0.1) is 0 Å². The third-order valence-electron chi connectivity index (χ3n) is 4.19. The molecule has 1 atom stereocenters. The second-order valence-electron chi connectivity index (χ2n) is 5.96. The summed E-state index contributed by atoms with van der Waals surface area (Å²) >= 11 is 0. The highest BCUT2D eigenvalue weighted by molar-refractivity contribution is 5.93. The molecule has 22 heavy (non-hydrogen) atoms. The van der Waals surface area contributed by atoms with Crippen LogP contribution in [0.15, 0.2) is 29.3 Å². The van der Waals surface area contributed by atoms with E-state index >= 15 is 0 Å². The third-order valence-corrected chi connectivity index (χ3v) is 4.19. The lowest BCUT2D eigenvalue weighted by Crippen LogP contribution is -2.40. The molecule has 1 fully saturated rings. The SMILES string of the molecule is Cc1[nH]cnc1C(=O)NC[C@H]1CCCN(Cc2ccoc2)C1. The Morgan fingerprint density at radius 1 is 1.59 bits per heavy atom. The molecule has 0 bridgehead atoms. The summed E-state index contributed by atoms with van der Waals surface area (Å²) in [4.78, 5) is 21.5. The van der Waals surface area contributed by atoms with Crippen LogP contribution in [0.1, 0.15) is 34.6 Å². The Kier molecular flexibility index (Phi) is 4.58. The van der Waals surface area contributed by atoms with Crippen LogP contribution >= 0.6 is 0 Å². The lowest BCUT2D eigenvalue weighted by Gasteiger charge is -2.32. The summed E-state index contributed by atoms with van der Waals surface area (Å²) in [7, 11) is 0. The first-order chi connectivity index (χ1) is 10.7. The van der Waals surface area contributed by atoms with Crippen LogP contribution in [0.3, 0.4) is 0 Å². The first-order valence-electron chi connectivity index (χ1n) is 7.74. The molecule has 6 heteroatoms. The molecular weight excluding hydrogens is 280 g/mol. The molecule has 2 aromatic heterocycles. The normalized spacial score (nSPS) is 19.2. The van der Waals surface area contributed by atoms with Gasteiger partial charge in [-0.05, 0) is 38.3 Å². The van der Waals surface area contributed by atoms with Crippen molar-refractivity contribution < 1.29 is 9.21 Å². The molecule has 3 rings (SSSR count). The summed E-state index contributed by atoms with van der Waals surface area (Å²) in [5, 5.41) is 3.01. The molecule has 6 nitrogen and oxygen atoms in total. The Hall–Kier alpha value is -2.08. The topological polar surface area (TPSA) is 74.2 Å². The van der Waals surface area contributed by atoms with Gasteiger partial charge >= 0.3 is 0 Å². The highest BCUT2D eigenvalue weighted by Crippen LogP contribution is 2.18. The highest BCUT2D eigenvalue weighted by atomic mass is 16.3. The summed E-state index contributed by atoms with van der Waals surface area (Å²) in [6.07, 6.45) is 7.38. The van der Waals surface area contributed by atoms with Gasteiger partial charge in [0.05, 0.1) is 18.9 Å². The van der Waals surface area contributed by atoms with Crippen molar-refractivity contribution in [2.24, 2.45) is 5.92 Å². The summed E-state index contributed by atoms with van der Waals surface area (Å²) in [6.45, 7) is 5.58. The zero-order valence-electron chi connectivity index (χ0n) is 12.8. The first kappa shape index (κ1) is 14.8. The van der Waals surface area contributed by atoms with Crippen LogP contribution in [0.25, 0.3) is 0 Å². The number of hydrogen-bond donors (Lipinski definition) is 2. The molecule has 0 saturated carbocycles. The number of H-pyrrole nitrogens is 1. The van der Waals surface area contributed by atoms with Gasteiger partial charge in [-0.2, -0.15) is 0 Å². The number of amides is 1. The van der Waals surface area contributed by atoms with Crippen LogP contribution in [0.4, 0.5) is 0 Å². The number of furan rings is 1. The predicted molar refractivity (Wildman–Crippen MR) is 82.4 cm³/mol. The monoisotopic (exact) mass is 302 g/mol. The van der Waals surface area contributed by atoms with Crippen LogP contribution in [-0.4, -0.2) is 40.4 Å². The fourth-order valence-corrected chi connectivity index (χ4v) is 3.01. The number of imidazole rings is 1. The second kappa shape index (κ2) is 6.79. The van der Waals surface area contributed by atoms with Crippen molar-refractivity contribution in [3.05, 3.63) is 41.9 Å². The van der Waals surface area contributed by atoms with Crippen molar-refractivity contribution in [1.82, 2.24) is 20.2 Å². The average Bonchev–Trinajstić information content (AvgIpc) is 3.17. The number of likely N-dealkylation sites (tertiary alicyclic amines) is 1. The van der Waals surface area contributed by atoms with Gasteiger partial charge in [-0.25, -0.2) is 4.98 Å². The van der Waals surface area contributed by atoms with Crippen LogP contribution in [0.5, 0.6) is 0 Å². The van der Waals surface area contributed by atoms with E-state index < -0.39 is 0 Å². The van der Waals surface area contributed by atoms with Crippen LogP contribution in [0, 0.1) is 12.8 Å². The lowest BCUT2D eigenvalue weighted by molar-refractivity contribution is 0.0925. The molecule has 2 N–H and O–H groups in total. The van der Waals surface area contributed by atoms with Crippen LogP contribution in [-0.2, 0) is 6.54 Å². The molecule has 0 radical (unpaired) electrons. The number of nitrogens with zero attached hydrogens (tertiary/aromatic N) is 2. The fraction of sp³-hybridized carbons (Fsp3) is 0.500. The molecule has 1 aliphatic heterocycles. The lowest BCUT2D eigenvalue weighted by atomic mass is 9.97. The molecule has 1 amide bonds. The Labute approximate surface area is 129 Å². The standard InChI is InChI=1S/C16H22N4O2/c1-12-15(19-11-18-12)16(21)17-7-13-3-2-5-20(8-13)9-14-4-6-22-10-14/h4,6,10-11,13H,2-3,5,7-9H2,1H3,(H,17,21)(H,18,19)/t13-/m1/s1. The molecular formula is C16H22N4O2. The quantitative estimate of drug-likeness (QED) is 0.885. The number of nitrogens with one attached hydrogen (secondary N) is 2. The van der Waals surface area contributed by atoms with E-state index in [0.717, 1.165) is 31.7 Å². The molecule has 3 heterocycles. The van der Waals surface area contributed by atoms with Crippen molar-refractivity contribution >= 4 is 5.91 Å². The predicted octanol–water partition coefficient (Wildman–Crippen LogP) is 1.95. The average molecular weight is 302 g/mol. The molecule has 118 valence electrons. The van der Waals surface area contributed by atoms with Crippen molar-refractivity contribution in [2.45, 2.75) is 26.3 Å². The smallest absolute Gasteiger partial charge is 0.271 e. The number of aromatic amines is 1. The Morgan fingerprint density at radius 3 is 3.23 bits per heavy atom. The first-order valence-corrected chi connectivity index (χ1v) is 7.74. The van der Waals surface area contributed by atoms with Crippen LogP contribution < -0.4 is 5.32 Å². The van der Waals surface area contributed by atoms with E-state index in [1.165, 1.54) is 12.0 Å². The largest absolute Gasteiger partial charge is 0.472 e. The van der Waals surface area contributed by atoms with Gasteiger partial charge < -0.3 is 14.7 Å². The summed E-state index contributed by atoms with van der Waals surface area (Å²) in [5.74, 6) is 0.398. The minimum atomic E-state index is -0.0919. The maximum absolute atomic E-state index is 12.1. The van der Waals surface area contributed by atoms with Crippen molar-refractivity contribution in [3.8, 4) is 0 Å². The molecule has 1 aliphatic rings. The van der Waals surface area contributed by atoms with Gasteiger partial charge in [0.1, 0.15) is 5.69 Å². The Morgan fingerprint density at radius 2 is 2.50 bits per heavy atom. The minimum Gasteiger partial charge on any atom is -0.472 e. The number of aromatic nitrogens is 2. The zero-order valence-corrected chi connectivity index (χ0v) is 12.8. The highest BCUT2D eigenvalue weighted by Gasteiger charge is 2.21. The van der Waals surface area contributed by atoms with Crippen LogP contribution in [0.2, 0.25) is 0 Å². The maximum Gasteiger partial charge on any atom is 0.271 e. The molecule has 0 aliphatic carbocycles. The number of carbonyl (C=O) groups excluding carboxylic acids is 1. The van der Waals surface area contributed by atoms with Gasteiger partial charge in [0, 0.05) is 30.9 Å². The Bertz CT molecular complexity index is 605. The molecule has 1 saturated heterocycles. The zero-order chi connectivity index (χ0) is 15.4. The number of hydrogen-bond acceptors (Lipinski definition) is 4. The van der Waals surface area contributed by atoms with Gasteiger partial charge in [-0.1, -0.05) is 0 Å². The van der Waals surface area contributed by atoms with E-state index in [0.29, 0.717) is 18.2 Å². The van der Waals surface area contributed by atoms with E-state index in [2.05, 4.69) is 20.2 Å². The molecule has 0 spiro atoms. The van der Waals surface area contributed by atoms with E-state index in [9.17, 15) is 4.79 Å². The summed E-state index contributed by atoms with van der Waals surface area (Å²) in [5.41, 5.74) is 2.51. The second-order valence-corrected chi connectivity index (χ2v) is 5.96. The van der Waals surface area contributed by atoms with E-state index in [-0.39, 0.29) is 5.91 Å². The number of piperidine rings is 1. The number of aryl methyl sites for hydroxylation is 1. The van der Waals surface area contributed by atoms with E-state index in [4.69, 9.17) is 4.42 Å². The maximum atomic E-state index is 12.1. The molecule has 0 unspecified atom stereocenters. The van der Waals surface area contributed by atoms with Crippen molar-refractivity contribution in [3.63, 3.8) is 0 Å². The summed E-state index contributed by atoms with van der Waals surface area (Å²) in [6, 6.07) is 2.01. The van der Waals surface area contributed by atoms with Gasteiger partial charge in [0.25, 0.3) is 5.91 Å². The minimum absolute atomic E-state index is 0.0919. The fourth-order valence-electron chi connectivity index (χ4n) is 3.01. The van der Waals surface area contributed by atoms with Gasteiger partial charge in [-0.3, -0.25) is 9.69 Å². The third kappa shape index (κ3) is 3.57. The van der Waals surface area contributed by atoms with E-state index in [1.807, 2.05) is 13.0 Å². The van der Waals surface area contributed by atoms with Crippen molar-refractivity contribution in [1.29, 1.82) is 0 Å². The summed E-state index contributed by atoms with van der Waals surface area (Å²) < 4.78 is 5.12. The van der Waals surface area contributed by atoms with Crippen molar-refractivity contribution in [2.75, 3.05) is 19.6 Å².